The number of furan rings is 1. The molecular weight excluding hydrogens is 334 g/mol. The molecule has 0 bridgehead atoms. The molecule has 0 radical (unpaired) electrons. The number of nitrogens with zero attached hydrogens (tertiary/aromatic N) is 2. The summed E-state index contributed by atoms with van der Waals surface area (Å²) in [5, 5.41) is 3.93. The quantitative estimate of drug-likeness (QED) is 0.922. The zero-order valence-corrected chi connectivity index (χ0v) is 12.4. The van der Waals surface area contributed by atoms with E-state index in [0.717, 1.165) is 19.3 Å². The van der Waals surface area contributed by atoms with Gasteiger partial charge in [-0.05, 0) is 53.4 Å². The Labute approximate surface area is 124 Å². The van der Waals surface area contributed by atoms with Crippen LogP contribution in [0, 0.1) is 0 Å². The normalized spacial score (nSPS) is 17.2. The fourth-order valence-electron chi connectivity index (χ4n) is 1.86. The van der Waals surface area contributed by atoms with E-state index in [2.05, 4.69) is 26.1 Å². The largest absolute Gasteiger partial charge is 0.450 e. The lowest BCUT2D eigenvalue weighted by Crippen LogP contribution is -2.44. The maximum Gasteiger partial charge on any atom is 0.250 e. The van der Waals surface area contributed by atoms with E-state index in [1.807, 2.05) is 12.1 Å². The molecule has 0 unspecified atom stereocenters. The van der Waals surface area contributed by atoms with Gasteiger partial charge in [0.15, 0.2) is 10.5 Å². The van der Waals surface area contributed by atoms with E-state index in [-0.39, 0.29) is 17.9 Å². The van der Waals surface area contributed by atoms with Gasteiger partial charge in [0, 0.05) is 6.08 Å². The van der Waals surface area contributed by atoms with Crippen LogP contribution in [0.15, 0.2) is 25.7 Å². The third kappa shape index (κ3) is 2.91. The van der Waals surface area contributed by atoms with Gasteiger partial charge < -0.3 is 14.7 Å². The minimum absolute atomic E-state index is 0. The molecule has 5 nitrogen and oxygen atoms in total. The van der Waals surface area contributed by atoms with E-state index in [1.54, 1.807) is 12.2 Å². The Morgan fingerprint density at radius 2 is 2.11 bits per heavy atom. The number of hydrogen-bond acceptors (Lipinski definition) is 5. The lowest BCUT2D eigenvalue weighted by atomic mass is 9.77. The molecule has 19 heavy (non-hydrogen) atoms. The first kappa shape index (κ1) is 14.3. The molecule has 1 fully saturated rings. The van der Waals surface area contributed by atoms with Crippen LogP contribution in [0.5, 0.6) is 0 Å². The molecule has 0 aliphatic heterocycles. The van der Waals surface area contributed by atoms with E-state index in [4.69, 9.17) is 14.7 Å². The van der Waals surface area contributed by atoms with Crippen LogP contribution >= 0.6 is 28.3 Å². The monoisotopic (exact) mass is 345 g/mol. The van der Waals surface area contributed by atoms with Crippen molar-refractivity contribution in [3.05, 3.63) is 34.3 Å². The Morgan fingerprint density at radius 3 is 2.68 bits per heavy atom. The zero-order valence-electron chi connectivity index (χ0n) is 10.0. The van der Waals surface area contributed by atoms with Gasteiger partial charge in [-0.3, -0.25) is 0 Å². The zero-order chi connectivity index (χ0) is 12.6. The summed E-state index contributed by atoms with van der Waals surface area (Å²) >= 11 is 3.24. The summed E-state index contributed by atoms with van der Waals surface area (Å²) in [4.78, 5) is 4.28. The van der Waals surface area contributed by atoms with Crippen LogP contribution < -0.4 is 5.73 Å². The highest BCUT2D eigenvalue weighted by atomic mass is 79.9. The summed E-state index contributed by atoms with van der Waals surface area (Å²) in [6.07, 6.45) is 6.44. The number of hydrogen-bond donors (Lipinski definition) is 1. The Balaban J connectivity index is 0.00000133. The van der Waals surface area contributed by atoms with Crippen LogP contribution in [0.1, 0.15) is 36.7 Å². The van der Waals surface area contributed by atoms with Gasteiger partial charge in [0.1, 0.15) is 5.76 Å². The second kappa shape index (κ2) is 5.48. The van der Waals surface area contributed by atoms with E-state index >= 15 is 0 Å². The molecule has 0 saturated heterocycles. The van der Waals surface area contributed by atoms with Crippen molar-refractivity contribution in [2.45, 2.75) is 24.8 Å². The minimum Gasteiger partial charge on any atom is -0.450 e. The predicted molar refractivity (Wildman–Crippen MR) is 76.6 cm³/mol. The van der Waals surface area contributed by atoms with Crippen molar-refractivity contribution < 1.29 is 8.94 Å². The average Bonchev–Trinajstić information content (AvgIpc) is 2.92. The number of halogens is 2. The maximum atomic E-state index is 6.11. The SMILES string of the molecule is Cl.NC1(c2noc(/C=C/c3ccc(Br)o3)n2)CCC1. The first-order valence-electron chi connectivity index (χ1n) is 5.72. The Kier molecular flexibility index (Phi) is 4.13. The molecule has 1 aliphatic rings. The smallest absolute Gasteiger partial charge is 0.250 e. The van der Waals surface area contributed by atoms with Crippen molar-refractivity contribution in [2.24, 2.45) is 5.73 Å². The van der Waals surface area contributed by atoms with Crippen molar-refractivity contribution >= 4 is 40.5 Å². The van der Waals surface area contributed by atoms with Crippen LogP contribution in [0.2, 0.25) is 0 Å². The molecule has 0 aromatic carbocycles. The fraction of sp³-hybridized carbons (Fsp3) is 0.333. The van der Waals surface area contributed by atoms with Gasteiger partial charge in [-0.25, -0.2) is 0 Å². The topological polar surface area (TPSA) is 78.1 Å². The molecule has 0 spiro atoms. The molecule has 7 heteroatoms. The molecular formula is C12H13BrClN3O2. The first-order chi connectivity index (χ1) is 8.66. The molecule has 0 atom stereocenters. The predicted octanol–water partition coefficient (Wildman–Crippen LogP) is 3.36. The summed E-state index contributed by atoms with van der Waals surface area (Å²) in [6.45, 7) is 0. The third-order valence-electron chi connectivity index (χ3n) is 3.12. The van der Waals surface area contributed by atoms with Crippen LogP contribution in [0.3, 0.4) is 0 Å². The standard InChI is InChI=1S/C12H12BrN3O2.ClH/c13-9-4-2-8(17-9)3-5-10-15-11(16-18-10)12(14)6-1-7-12;/h2-5H,1,6-7,14H2;1H/b5-3+;. The van der Waals surface area contributed by atoms with Gasteiger partial charge >= 0.3 is 0 Å². The maximum absolute atomic E-state index is 6.11. The van der Waals surface area contributed by atoms with Crippen LogP contribution in [0.25, 0.3) is 12.2 Å². The van der Waals surface area contributed by atoms with Gasteiger partial charge in [0.2, 0.25) is 0 Å². The van der Waals surface area contributed by atoms with Crippen molar-refractivity contribution in [3.63, 3.8) is 0 Å². The van der Waals surface area contributed by atoms with E-state index in [1.165, 1.54) is 0 Å². The van der Waals surface area contributed by atoms with Crippen LogP contribution in [-0.4, -0.2) is 10.1 Å². The third-order valence-corrected chi connectivity index (χ3v) is 3.54. The first-order valence-corrected chi connectivity index (χ1v) is 6.51. The molecule has 3 rings (SSSR count). The molecule has 2 heterocycles. The van der Waals surface area contributed by atoms with Crippen LogP contribution in [0.4, 0.5) is 0 Å². The van der Waals surface area contributed by atoms with Gasteiger partial charge in [0.05, 0.1) is 5.54 Å². The summed E-state index contributed by atoms with van der Waals surface area (Å²) in [6, 6.07) is 3.66. The van der Waals surface area contributed by atoms with Gasteiger partial charge in [-0.1, -0.05) is 5.16 Å². The second-order valence-corrected chi connectivity index (χ2v) is 5.22. The van der Waals surface area contributed by atoms with Gasteiger partial charge in [-0.2, -0.15) is 4.98 Å². The summed E-state index contributed by atoms with van der Waals surface area (Å²) in [5.74, 6) is 1.75. The Morgan fingerprint density at radius 1 is 1.32 bits per heavy atom. The van der Waals surface area contributed by atoms with Gasteiger partial charge in [-0.15, -0.1) is 12.4 Å². The van der Waals surface area contributed by atoms with Gasteiger partial charge in [0.25, 0.3) is 5.89 Å². The average molecular weight is 347 g/mol. The molecule has 102 valence electrons. The van der Waals surface area contributed by atoms with E-state index in [0.29, 0.717) is 22.1 Å². The molecule has 0 amide bonds. The second-order valence-electron chi connectivity index (χ2n) is 4.44. The molecule has 1 aliphatic carbocycles. The lowest BCUT2D eigenvalue weighted by Gasteiger charge is -2.34. The molecule has 1 saturated carbocycles. The van der Waals surface area contributed by atoms with E-state index < -0.39 is 0 Å². The number of rotatable bonds is 3. The van der Waals surface area contributed by atoms with Crippen molar-refractivity contribution in [2.75, 3.05) is 0 Å². The highest BCUT2D eigenvalue weighted by Crippen LogP contribution is 2.36. The van der Waals surface area contributed by atoms with Crippen molar-refractivity contribution in [1.29, 1.82) is 0 Å². The lowest BCUT2D eigenvalue weighted by molar-refractivity contribution is 0.229. The molecule has 2 aromatic heterocycles. The molecule has 2 N–H and O–H groups in total. The van der Waals surface area contributed by atoms with Crippen LogP contribution in [-0.2, 0) is 5.54 Å². The Bertz CT molecular complexity index is 589. The molecule has 2 aromatic rings. The van der Waals surface area contributed by atoms with Crippen molar-refractivity contribution in [3.8, 4) is 0 Å². The summed E-state index contributed by atoms with van der Waals surface area (Å²) in [7, 11) is 0. The summed E-state index contributed by atoms with van der Waals surface area (Å²) in [5.41, 5.74) is 5.73. The summed E-state index contributed by atoms with van der Waals surface area (Å²) < 4.78 is 11.1. The highest BCUT2D eigenvalue weighted by molar-refractivity contribution is 9.10. The van der Waals surface area contributed by atoms with Crippen molar-refractivity contribution in [1.82, 2.24) is 10.1 Å². The Hall–Kier alpha value is -1.11. The van der Waals surface area contributed by atoms with E-state index in [9.17, 15) is 0 Å². The highest BCUT2D eigenvalue weighted by Gasteiger charge is 2.38. The fourth-order valence-corrected chi connectivity index (χ4v) is 2.18. The number of nitrogens with two attached hydrogens (primary N) is 1. The number of aromatic nitrogens is 2. The minimum atomic E-state index is -0.386.